The number of hydrogen-bond donors (Lipinski definition) is 0. The first-order chi connectivity index (χ1) is 10.8. The van der Waals surface area contributed by atoms with E-state index in [9.17, 15) is 0 Å². The van der Waals surface area contributed by atoms with Crippen molar-refractivity contribution in [1.29, 1.82) is 0 Å². The van der Waals surface area contributed by atoms with Crippen LogP contribution in [0.4, 0.5) is 0 Å². The molecule has 22 heavy (non-hydrogen) atoms. The fourth-order valence-electron chi connectivity index (χ4n) is 2.68. The SMILES string of the molecule is CCc1nnc2n1CCN(Cc1nc(-c3cccs3)no1)C2. The van der Waals surface area contributed by atoms with Gasteiger partial charge in [0.25, 0.3) is 0 Å². The molecular formula is C14H16N6OS. The van der Waals surface area contributed by atoms with E-state index < -0.39 is 0 Å². The lowest BCUT2D eigenvalue weighted by atomic mass is 10.3. The van der Waals surface area contributed by atoms with Gasteiger partial charge in [-0.2, -0.15) is 4.98 Å². The largest absolute Gasteiger partial charge is 0.338 e. The van der Waals surface area contributed by atoms with Gasteiger partial charge in [-0.05, 0) is 11.4 Å². The minimum Gasteiger partial charge on any atom is -0.338 e. The number of hydrogen-bond acceptors (Lipinski definition) is 7. The maximum atomic E-state index is 5.37. The molecular weight excluding hydrogens is 300 g/mol. The number of aromatic nitrogens is 5. The Bertz CT molecular complexity index is 762. The molecule has 8 heteroatoms. The first kappa shape index (κ1) is 13.6. The van der Waals surface area contributed by atoms with Gasteiger partial charge in [0.05, 0.1) is 18.0 Å². The smallest absolute Gasteiger partial charge is 0.241 e. The van der Waals surface area contributed by atoms with Crippen LogP contribution in [-0.2, 0) is 26.1 Å². The third-order valence-corrected chi connectivity index (χ3v) is 4.66. The van der Waals surface area contributed by atoms with Gasteiger partial charge in [-0.25, -0.2) is 0 Å². The molecule has 0 amide bonds. The Hall–Kier alpha value is -2.06. The van der Waals surface area contributed by atoms with Gasteiger partial charge in [0.15, 0.2) is 0 Å². The average molecular weight is 316 g/mol. The quantitative estimate of drug-likeness (QED) is 0.733. The first-order valence-corrected chi connectivity index (χ1v) is 8.21. The fourth-order valence-corrected chi connectivity index (χ4v) is 3.33. The molecule has 7 nitrogen and oxygen atoms in total. The average Bonchev–Trinajstić information content (AvgIpc) is 3.27. The molecule has 0 atom stereocenters. The van der Waals surface area contributed by atoms with Crippen LogP contribution in [0.5, 0.6) is 0 Å². The number of nitrogens with zero attached hydrogens (tertiary/aromatic N) is 6. The second-order valence-electron chi connectivity index (χ2n) is 5.24. The highest BCUT2D eigenvalue weighted by Gasteiger charge is 2.22. The van der Waals surface area contributed by atoms with Gasteiger partial charge in [-0.15, -0.1) is 21.5 Å². The molecule has 3 aromatic rings. The van der Waals surface area contributed by atoms with E-state index in [2.05, 4.69) is 36.7 Å². The monoisotopic (exact) mass is 316 g/mol. The van der Waals surface area contributed by atoms with Crippen LogP contribution in [0.1, 0.15) is 24.5 Å². The first-order valence-electron chi connectivity index (χ1n) is 7.33. The molecule has 1 aliphatic heterocycles. The summed E-state index contributed by atoms with van der Waals surface area (Å²) in [4.78, 5) is 7.76. The molecule has 4 rings (SSSR count). The molecule has 0 saturated heterocycles. The van der Waals surface area contributed by atoms with Crippen molar-refractivity contribution in [3.05, 3.63) is 35.1 Å². The van der Waals surface area contributed by atoms with Crippen LogP contribution in [0.25, 0.3) is 10.7 Å². The number of aryl methyl sites for hydroxylation is 1. The Morgan fingerprint density at radius 2 is 2.27 bits per heavy atom. The van der Waals surface area contributed by atoms with E-state index in [1.54, 1.807) is 11.3 Å². The summed E-state index contributed by atoms with van der Waals surface area (Å²) in [5.74, 6) is 3.39. The lowest BCUT2D eigenvalue weighted by Gasteiger charge is -2.26. The Morgan fingerprint density at radius 3 is 3.09 bits per heavy atom. The minimum absolute atomic E-state index is 0.645. The lowest BCUT2D eigenvalue weighted by molar-refractivity contribution is 0.182. The second kappa shape index (κ2) is 5.62. The predicted octanol–water partition coefficient (Wildman–Crippen LogP) is 1.97. The predicted molar refractivity (Wildman–Crippen MR) is 81.1 cm³/mol. The van der Waals surface area contributed by atoms with Crippen molar-refractivity contribution in [3.63, 3.8) is 0 Å². The summed E-state index contributed by atoms with van der Waals surface area (Å²) in [6.45, 7) is 5.37. The maximum Gasteiger partial charge on any atom is 0.241 e. The zero-order chi connectivity index (χ0) is 14.9. The van der Waals surface area contributed by atoms with E-state index in [0.29, 0.717) is 18.3 Å². The molecule has 0 aliphatic carbocycles. The molecule has 0 bridgehead atoms. The van der Waals surface area contributed by atoms with Gasteiger partial charge in [0.2, 0.25) is 11.7 Å². The Morgan fingerprint density at radius 1 is 1.32 bits per heavy atom. The maximum absolute atomic E-state index is 5.37. The highest BCUT2D eigenvalue weighted by Crippen LogP contribution is 2.22. The summed E-state index contributed by atoms with van der Waals surface area (Å²) in [5.41, 5.74) is 0. The van der Waals surface area contributed by atoms with Crippen molar-refractivity contribution in [2.75, 3.05) is 6.54 Å². The lowest BCUT2D eigenvalue weighted by Crippen LogP contribution is -2.34. The molecule has 0 spiro atoms. The van der Waals surface area contributed by atoms with Crippen LogP contribution >= 0.6 is 11.3 Å². The van der Waals surface area contributed by atoms with Gasteiger partial charge < -0.3 is 9.09 Å². The second-order valence-corrected chi connectivity index (χ2v) is 6.19. The third-order valence-electron chi connectivity index (χ3n) is 3.79. The topological polar surface area (TPSA) is 72.9 Å². The summed E-state index contributed by atoms with van der Waals surface area (Å²) in [6, 6.07) is 3.98. The highest BCUT2D eigenvalue weighted by atomic mass is 32.1. The Balaban J connectivity index is 1.46. The van der Waals surface area contributed by atoms with E-state index >= 15 is 0 Å². The summed E-state index contributed by atoms with van der Waals surface area (Å²) in [7, 11) is 0. The molecule has 0 saturated carbocycles. The third kappa shape index (κ3) is 2.44. The highest BCUT2D eigenvalue weighted by molar-refractivity contribution is 7.13. The van der Waals surface area contributed by atoms with Gasteiger partial charge in [-0.3, -0.25) is 4.90 Å². The van der Waals surface area contributed by atoms with E-state index in [4.69, 9.17) is 4.52 Å². The van der Waals surface area contributed by atoms with Crippen molar-refractivity contribution in [2.24, 2.45) is 0 Å². The van der Waals surface area contributed by atoms with E-state index in [1.807, 2.05) is 17.5 Å². The molecule has 4 heterocycles. The van der Waals surface area contributed by atoms with Crippen molar-refractivity contribution in [3.8, 4) is 10.7 Å². The molecule has 0 radical (unpaired) electrons. The number of thiophene rings is 1. The van der Waals surface area contributed by atoms with Crippen molar-refractivity contribution in [1.82, 2.24) is 29.8 Å². The summed E-state index contributed by atoms with van der Waals surface area (Å²) < 4.78 is 7.58. The van der Waals surface area contributed by atoms with Crippen LogP contribution < -0.4 is 0 Å². The summed E-state index contributed by atoms with van der Waals surface area (Å²) >= 11 is 1.61. The van der Waals surface area contributed by atoms with Crippen molar-refractivity contribution < 1.29 is 4.52 Å². The molecule has 0 unspecified atom stereocenters. The van der Waals surface area contributed by atoms with Crippen molar-refractivity contribution >= 4 is 11.3 Å². The molecule has 114 valence electrons. The van der Waals surface area contributed by atoms with Crippen LogP contribution in [0, 0.1) is 0 Å². The molecule has 0 fully saturated rings. The van der Waals surface area contributed by atoms with Crippen LogP contribution in [0.15, 0.2) is 22.0 Å². The van der Waals surface area contributed by atoms with Crippen LogP contribution in [0.3, 0.4) is 0 Å². The number of fused-ring (bicyclic) bond motifs is 1. The van der Waals surface area contributed by atoms with E-state index in [0.717, 1.165) is 42.6 Å². The summed E-state index contributed by atoms with van der Waals surface area (Å²) in [6.07, 6.45) is 0.917. The molecule has 0 N–H and O–H groups in total. The normalized spacial score (nSPS) is 15.1. The number of rotatable bonds is 4. The molecule has 0 aromatic carbocycles. The van der Waals surface area contributed by atoms with Crippen molar-refractivity contribution in [2.45, 2.75) is 33.0 Å². The Labute approximate surface area is 131 Å². The zero-order valence-corrected chi connectivity index (χ0v) is 13.1. The Kier molecular flexibility index (Phi) is 3.47. The fraction of sp³-hybridized carbons (Fsp3) is 0.429. The van der Waals surface area contributed by atoms with E-state index in [1.165, 1.54) is 0 Å². The summed E-state index contributed by atoms with van der Waals surface area (Å²) in [5, 5.41) is 14.6. The molecule has 3 aromatic heterocycles. The van der Waals surface area contributed by atoms with Crippen LogP contribution in [0.2, 0.25) is 0 Å². The zero-order valence-electron chi connectivity index (χ0n) is 12.3. The van der Waals surface area contributed by atoms with Gasteiger partial charge in [0.1, 0.15) is 11.6 Å². The van der Waals surface area contributed by atoms with Crippen LogP contribution in [-0.4, -0.2) is 36.3 Å². The minimum atomic E-state index is 0.645. The van der Waals surface area contributed by atoms with Gasteiger partial charge in [-0.1, -0.05) is 18.1 Å². The molecule has 1 aliphatic rings. The standard InChI is InChI=1S/C14H16N6OS/c1-2-11-16-17-12-8-19(5-6-20(11)12)9-13-15-14(18-21-13)10-4-3-7-22-10/h3-4,7H,2,5-6,8-9H2,1H3. The van der Waals surface area contributed by atoms with Gasteiger partial charge >= 0.3 is 0 Å². The van der Waals surface area contributed by atoms with E-state index in [-0.39, 0.29) is 0 Å². The van der Waals surface area contributed by atoms with Gasteiger partial charge in [0, 0.05) is 19.5 Å².